The van der Waals surface area contributed by atoms with Gasteiger partial charge >= 0.3 is 0 Å². The second kappa shape index (κ2) is 8.13. The lowest BCUT2D eigenvalue weighted by molar-refractivity contribution is -0.113. The van der Waals surface area contributed by atoms with Crippen molar-refractivity contribution in [2.75, 3.05) is 11.1 Å². The van der Waals surface area contributed by atoms with Gasteiger partial charge in [-0.05, 0) is 18.1 Å². The Labute approximate surface area is 150 Å². The van der Waals surface area contributed by atoms with Gasteiger partial charge < -0.3 is 5.32 Å². The standard InChI is InChI=1S/C19H18N2OS2/c1-14-12-24-19(20-14)21-17(22)13-23-18(15-8-4-2-5-9-15)16-10-6-3-7-11-16/h2-12,18H,13H2,1H3,(H,20,21,22). The molecule has 0 saturated carbocycles. The number of nitrogens with one attached hydrogen (secondary N) is 1. The third-order valence-corrected chi connectivity index (χ3v) is 5.63. The Hall–Kier alpha value is -2.11. The summed E-state index contributed by atoms with van der Waals surface area (Å²) in [5.41, 5.74) is 3.33. The lowest BCUT2D eigenvalue weighted by Gasteiger charge is -2.17. The Kier molecular flexibility index (Phi) is 5.67. The van der Waals surface area contributed by atoms with Crippen LogP contribution in [0, 0.1) is 6.92 Å². The van der Waals surface area contributed by atoms with Crippen molar-refractivity contribution in [1.29, 1.82) is 0 Å². The lowest BCUT2D eigenvalue weighted by atomic mass is 10.0. The summed E-state index contributed by atoms with van der Waals surface area (Å²) in [6, 6.07) is 20.6. The van der Waals surface area contributed by atoms with Crippen molar-refractivity contribution in [3.05, 3.63) is 82.9 Å². The van der Waals surface area contributed by atoms with Crippen LogP contribution in [0.25, 0.3) is 0 Å². The van der Waals surface area contributed by atoms with Crippen LogP contribution in [-0.2, 0) is 4.79 Å². The molecule has 1 amide bonds. The van der Waals surface area contributed by atoms with Gasteiger partial charge in [-0.2, -0.15) is 0 Å². The van der Waals surface area contributed by atoms with E-state index in [0.717, 1.165) is 5.69 Å². The van der Waals surface area contributed by atoms with Crippen molar-refractivity contribution in [1.82, 2.24) is 4.98 Å². The number of carbonyl (C=O) groups is 1. The molecule has 0 atom stereocenters. The van der Waals surface area contributed by atoms with Gasteiger partial charge in [0, 0.05) is 5.38 Å². The molecule has 0 aliphatic heterocycles. The van der Waals surface area contributed by atoms with E-state index >= 15 is 0 Å². The molecule has 0 spiro atoms. The van der Waals surface area contributed by atoms with Gasteiger partial charge in [-0.25, -0.2) is 4.98 Å². The summed E-state index contributed by atoms with van der Waals surface area (Å²) in [4.78, 5) is 16.5. The molecule has 3 aromatic rings. The van der Waals surface area contributed by atoms with Crippen LogP contribution in [0.2, 0.25) is 0 Å². The number of thioether (sulfide) groups is 1. The Morgan fingerprint density at radius 2 is 1.67 bits per heavy atom. The number of aryl methyl sites for hydroxylation is 1. The van der Waals surface area contributed by atoms with Gasteiger partial charge in [0.05, 0.1) is 16.7 Å². The predicted molar refractivity (Wildman–Crippen MR) is 103 cm³/mol. The molecular weight excluding hydrogens is 336 g/mol. The van der Waals surface area contributed by atoms with E-state index in [2.05, 4.69) is 34.6 Å². The molecule has 1 N–H and O–H groups in total. The maximum Gasteiger partial charge on any atom is 0.236 e. The van der Waals surface area contributed by atoms with Crippen LogP contribution in [0.1, 0.15) is 22.1 Å². The van der Waals surface area contributed by atoms with Gasteiger partial charge in [-0.1, -0.05) is 60.7 Å². The van der Waals surface area contributed by atoms with E-state index < -0.39 is 0 Å². The zero-order valence-corrected chi connectivity index (χ0v) is 14.9. The fourth-order valence-electron chi connectivity index (χ4n) is 2.37. The van der Waals surface area contributed by atoms with Crippen LogP contribution >= 0.6 is 23.1 Å². The van der Waals surface area contributed by atoms with Crippen LogP contribution in [-0.4, -0.2) is 16.6 Å². The number of amides is 1. The first-order chi connectivity index (χ1) is 11.7. The predicted octanol–water partition coefficient (Wildman–Crippen LogP) is 4.91. The summed E-state index contributed by atoms with van der Waals surface area (Å²) in [7, 11) is 0. The molecule has 0 aliphatic carbocycles. The maximum atomic E-state index is 12.2. The first-order valence-electron chi connectivity index (χ1n) is 7.66. The summed E-state index contributed by atoms with van der Waals surface area (Å²) >= 11 is 3.08. The van der Waals surface area contributed by atoms with E-state index in [1.165, 1.54) is 22.5 Å². The van der Waals surface area contributed by atoms with Crippen LogP contribution in [0.15, 0.2) is 66.0 Å². The van der Waals surface area contributed by atoms with Crippen LogP contribution < -0.4 is 5.32 Å². The van der Waals surface area contributed by atoms with Gasteiger partial charge in [-0.3, -0.25) is 4.79 Å². The van der Waals surface area contributed by atoms with Gasteiger partial charge in [0.1, 0.15) is 0 Å². The minimum atomic E-state index is -0.0220. The van der Waals surface area contributed by atoms with E-state index in [4.69, 9.17) is 0 Å². The molecule has 0 aliphatic rings. The number of nitrogens with zero attached hydrogens (tertiary/aromatic N) is 1. The van der Waals surface area contributed by atoms with Crippen LogP contribution in [0.5, 0.6) is 0 Å². The third kappa shape index (κ3) is 4.46. The van der Waals surface area contributed by atoms with E-state index in [-0.39, 0.29) is 11.2 Å². The molecular formula is C19H18N2OS2. The van der Waals surface area contributed by atoms with Crippen molar-refractivity contribution >= 4 is 34.1 Å². The number of thiazole rings is 1. The van der Waals surface area contributed by atoms with Crippen molar-refractivity contribution in [2.45, 2.75) is 12.2 Å². The summed E-state index contributed by atoms with van der Waals surface area (Å²) in [6.07, 6.45) is 0. The molecule has 122 valence electrons. The highest BCUT2D eigenvalue weighted by molar-refractivity contribution is 8.00. The van der Waals surface area contributed by atoms with Gasteiger partial charge in [0.15, 0.2) is 5.13 Å². The average molecular weight is 355 g/mol. The van der Waals surface area contributed by atoms with Gasteiger partial charge in [0.2, 0.25) is 5.91 Å². The molecule has 0 radical (unpaired) electrons. The van der Waals surface area contributed by atoms with E-state index in [1.807, 2.05) is 48.7 Å². The van der Waals surface area contributed by atoms with Crippen molar-refractivity contribution in [3.63, 3.8) is 0 Å². The molecule has 5 heteroatoms. The van der Waals surface area contributed by atoms with Crippen LogP contribution in [0.3, 0.4) is 0 Å². The Balaban J connectivity index is 1.69. The molecule has 3 nitrogen and oxygen atoms in total. The van der Waals surface area contributed by atoms with Crippen molar-refractivity contribution < 1.29 is 4.79 Å². The minimum absolute atomic E-state index is 0.0220. The van der Waals surface area contributed by atoms with Gasteiger partial charge in [0.25, 0.3) is 0 Å². The summed E-state index contributed by atoms with van der Waals surface area (Å²) < 4.78 is 0. The SMILES string of the molecule is Cc1csc(NC(=O)CSC(c2ccccc2)c2ccccc2)n1. The zero-order valence-electron chi connectivity index (χ0n) is 13.3. The second-order valence-corrected chi connectivity index (χ2v) is 7.31. The Morgan fingerprint density at radius 3 is 2.17 bits per heavy atom. The summed E-state index contributed by atoms with van der Waals surface area (Å²) in [5, 5.41) is 5.60. The number of rotatable bonds is 6. The van der Waals surface area contributed by atoms with Crippen molar-refractivity contribution in [3.8, 4) is 0 Å². The number of hydrogen-bond acceptors (Lipinski definition) is 4. The highest BCUT2D eigenvalue weighted by atomic mass is 32.2. The van der Waals surface area contributed by atoms with E-state index in [0.29, 0.717) is 10.9 Å². The third-order valence-electron chi connectivity index (χ3n) is 3.45. The first kappa shape index (κ1) is 16.7. The highest BCUT2D eigenvalue weighted by Crippen LogP contribution is 2.35. The van der Waals surface area contributed by atoms with E-state index in [9.17, 15) is 4.79 Å². The van der Waals surface area contributed by atoms with Crippen LogP contribution in [0.4, 0.5) is 5.13 Å². The quantitative estimate of drug-likeness (QED) is 0.684. The Bertz CT molecular complexity index is 748. The fourth-order valence-corrected chi connectivity index (χ4v) is 4.16. The van der Waals surface area contributed by atoms with Crippen molar-refractivity contribution in [2.24, 2.45) is 0 Å². The molecule has 2 aromatic carbocycles. The number of benzene rings is 2. The number of carbonyl (C=O) groups excluding carboxylic acids is 1. The van der Waals surface area contributed by atoms with Gasteiger partial charge in [-0.15, -0.1) is 23.1 Å². The minimum Gasteiger partial charge on any atom is -0.301 e. The Morgan fingerprint density at radius 1 is 1.08 bits per heavy atom. The normalized spacial score (nSPS) is 10.8. The smallest absolute Gasteiger partial charge is 0.236 e. The molecule has 0 saturated heterocycles. The zero-order chi connectivity index (χ0) is 16.8. The lowest BCUT2D eigenvalue weighted by Crippen LogP contribution is -2.15. The molecule has 24 heavy (non-hydrogen) atoms. The number of anilines is 1. The fraction of sp³-hybridized carbons (Fsp3) is 0.158. The largest absolute Gasteiger partial charge is 0.301 e. The summed E-state index contributed by atoms with van der Waals surface area (Å²) in [6.45, 7) is 1.92. The monoisotopic (exact) mass is 354 g/mol. The molecule has 0 bridgehead atoms. The van der Waals surface area contributed by atoms with E-state index in [1.54, 1.807) is 11.8 Å². The number of aromatic nitrogens is 1. The topological polar surface area (TPSA) is 42.0 Å². The molecule has 1 aromatic heterocycles. The molecule has 1 heterocycles. The highest BCUT2D eigenvalue weighted by Gasteiger charge is 2.16. The molecule has 0 fully saturated rings. The number of hydrogen-bond donors (Lipinski definition) is 1. The maximum absolute atomic E-state index is 12.2. The molecule has 3 rings (SSSR count). The first-order valence-corrected chi connectivity index (χ1v) is 9.58. The summed E-state index contributed by atoms with van der Waals surface area (Å²) in [5.74, 6) is 0.360. The average Bonchev–Trinajstić information content (AvgIpc) is 3.02. The second-order valence-electron chi connectivity index (χ2n) is 5.35. The molecule has 0 unspecified atom stereocenters.